The van der Waals surface area contributed by atoms with Gasteiger partial charge < -0.3 is 0 Å². The van der Waals surface area contributed by atoms with Crippen LogP contribution >= 0.6 is 0 Å². The molecule has 0 fully saturated rings. The van der Waals surface area contributed by atoms with Gasteiger partial charge in [-0.3, -0.25) is 14.9 Å². The van der Waals surface area contributed by atoms with E-state index in [9.17, 15) is 4.79 Å². The highest BCUT2D eigenvalue weighted by molar-refractivity contribution is 5.76. The third-order valence-corrected chi connectivity index (χ3v) is 1.98. The lowest BCUT2D eigenvalue weighted by molar-refractivity contribution is 0.112. The first kappa shape index (κ1) is 8.62. The van der Waals surface area contributed by atoms with Crippen LogP contribution in [0.25, 0.3) is 0 Å². The molecule has 0 aliphatic heterocycles. The van der Waals surface area contributed by atoms with Crippen molar-refractivity contribution in [1.82, 2.24) is 15.2 Å². The zero-order valence-corrected chi connectivity index (χ0v) is 7.47. The Kier molecular flexibility index (Phi) is 2.36. The Morgan fingerprint density at radius 3 is 3.07 bits per heavy atom. The summed E-state index contributed by atoms with van der Waals surface area (Å²) in [4.78, 5) is 14.6. The van der Waals surface area contributed by atoms with Gasteiger partial charge in [0, 0.05) is 18.8 Å². The second-order valence-electron chi connectivity index (χ2n) is 2.96. The Hall–Kier alpha value is -1.97. The molecule has 0 unspecified atom stereocenters. The Labute approximate surface area is 81.0 Å². The van der Waals surface area contributed by atoms with Gasteiger partial charge in [-0.2, -0.15) is 5.10 Å². The van der Waals surface area contributed by atoms with E-state index in [4.69, 9.17) is 0 Å². The minimum absolute atomic E-state index is 0.605. The van der Waals surface area contributed by atoms with Gasteiger partial charge in [-0.05, 0) is 11.6 Å². The fourth-order valence-corrected chi connectivity index (χ4v) is 1.27. The number of aldehydes is 1. The summed E-state index contributed by atoms with van der Waals surface area (Å²) in [5.74, 6) is 0. The van der Waals surface area contributed by atoms with Crippen molar-refractivity contribution in [2.75, 3.05) is 0 Å². The van der Waals surface area contributed by atoms with Crippen molar-refractivity contribution in [3.8, 4) is 0 Å². The van der Waals surface area contributed by atoms with Gasteiger partial charge >= 0.3 is 0 Å². The number of nitrogens with zero attached hydrogens (tertiary/aromatic N) is 2. The fourth-order valence-electron chi connectivity index (χ4n) is 1.27. The van der Waals surface area contributed by atoms with Crippen LogP contribution in [0.1, 0.15) is 21.6 Å². The van der Waals surface area contributed by atoms with Gasteiger partial charge in [0.15, 0.2) is 6.29 Å². The van der Waals surface area contributed by atoms with Crippen molar-refractivity contribution in [3.63, 3.8) is 0 Å². The Morgan fingerprint density at radius 2 is 2.36 bits per heavy atom. The maximum Gasteiger partial charge on any atom is 0.153 e. The van der Waals surface area contributed by atoms with Gasteiger partial charge in [-0.1, -0.05) is 6.07 Å². The summed E-state index contributed by atoms with van der Waals surface area (Å²) in [7, 11) is 0. The van der Waals surface area contributed by atoms with Crippen molar-refractivity contribution >= 4 is 6.29 Å². The molecule has 0 bridgehead atoms. The van der Waals surface area contributed by atoms with Crippen LogP contribution in [0.15, 0.2) is 30.7 Å². The summed E-state index contributed by atoms with van der Waals surface area (Å²) in [6.45, 7) is 0. The van der Waals surface area contributed by atoms with Crippen molar-refractivity contribution in [1.29, 1.82) is 0 Å². The van der Waals surface area contributed by atoms with E-state index in [0.29, 0.717) is 12.0 Å². The lowest BCUT2D eigenvalue weighted by Gasteiger charge is -1.97. The van der Waals surface area contributed by atoms with Crippen LogP contribution in [0.4, 0.5) is 0 Å². The van der Waals surface area contributed by atoms with Crippen LogP contribution in [0.5, 0.6) is 0 Å². The number of aromatic amines is 1. The zero-order chi connectivity index (χ0) is 9.80. The average molecular weight is 187 g/mol. The van der Waals surface area contributed by atoms with Crippen LogP contribution in [0, 0.1) is 0 Å². The molecule has 2 heterocycles. The van der Waals surface area contributed by atoms with E-state index in [-0.39, 0.29) is 0 Å². The third kappa shape index (κ3) is 1.69. The van der Waals surface area contributed by atoms with Gasteiger partial charge in [0.25, 0.3) is 0 Å². The maximum absolute atomic E-state index is 10.6. The molecule has 0 saturated carbocycles. The van der Waals surface area contributed by atoms with Gasteiger partial charge in [0.2, 0.25) is 0 Å². The van der Waals surface area contributed by atoms with E-state index >= 15 is 0 Å². The lowest BCUT2D eigenvalue weighted by atomic mass is 10.1. The normalized spacial score (nSPS) is 10.0. The number of H-pyrrole nitrogens is 1. The molecule has 14 heavy (non-hydrogen) atoms. The lowest BCUT2D eigenvalue weighted by Crippen LogP contribution is -1.93. The molecular formula is C10H9N3O. The first-order valence-electron chi connectivity index (χ1n) is 4.26. The van der Waals surface area contributed by atoms with Crippen LogP contribution < -0.4 is 0 Å². The molecule has 0 amide bonds. The van der Waals surface area contributed by atoms with Crippen LogP contribution in [-0.4, -0.2) is 21.5 Å². The third-order valence-electron chi connectivity index (χ3n) is 1.98. The maximum atomic E-state index is 10.6. The Morgan fingerprint density at radius 1 is 1.43 bits per heavy atom. The fraction of sp³-hybridized carbons (Fsp3) is 0.100. The van der Waals surface area contributed by atoms with E-state index in [0.717, 1.165) is 17.5 Å². The minimum atomic E-state index is 0.605. The predicted molar refractivity (Wildman–Crippen MR) is 51.0 cm³/mol. The molecule has 0 spiro atoms. The molecule has 0 atom stereocenters. The molecule has 2 aromatic rings. The van der Waals surface area contributed by atoms with Crippen molar-refractivity contribution < 1.29 is 4.79 Å². The smallest absolute Gasteiger partial charge is 0.153 e. The molecule has 0 radical (unpaired) electrons. The molecule has 2 rings (SSSR count). The minimum Gasteiger partial charge on any atom is -0.298 e. The van der Waals surface area contributed by atoms with Crippen molar-refractivity contribution in [2.45, 2.75) is 6.42 Å². The highest BCUT2D eigenvalue weighted by Crippen LogP contribution is 2.08. The number of hydrogen-bond donors (Lipinski definition) is 1. The Balaban J connectivity index is 2.23. The van der Waals surface area contributed by atoms with E-state index < -0.39 is 0 Å². The number of hydrogen-bond acceptors (Lipinski definition) is 3. The first-order valence-corrected chi connectivity index (χ1v) is 4.26. The summed E-state index contributed by atoms with van der Waals surface area (Å²) in [6, 6.07) is 3.83. The number of nitrogens with one attached hydrogen (secondary N) is 1. The molecule has 4 heteroatoms. The van der Waals surface area contributed by atoms with Crippen LogP contribution in [-0.2, 0) is 6.42 Å². The predicted octanol–water partition coefficient (Wildman–Crippen LogP) is 1.21. The van der Waals surface area contributed by atoms with E-state index in [1.807, 2.05) is 12.1 Å². The standard InChI is InChI=1S/C10H9N3O/c14-7-9-6-12-13-10(9)4-8-2-1-3-11-5-8/h1-3,5-7H,4H2,(H,12,13). The molecule has 0 aromatic carbocycles. The summed E-state index contributed by atoms with van der Waals surface area (Å²) in [6.07, 6.45) is 6.47. The van der Waals surface area contributed by atoms with Gasteiger partial charge in [-0.15, -0.1) is 0 Å². The molecule has 70 valence electrons. The molecule has 0 aliphatic rings. The highest BCUT2D eigenvalue weighted by Gasteiger charge is 2.04. The van der Waals surface area contributed by atoms with Gasteiger partial charge in [0.05, 0.1) is 17.5 Å². The first-order chi connectivity index (χ1) is 6.90. The van der Waals surface area contributed by atoms with Crippen molar-refractivity contribution in [3.05, 3.63) is 47.5 Å². The van der Waals surface area contributed by atoms with E-state index in [1.54, 1.807) is 12.4 Å². The summed E-state index contributed by atoms with van der Waals surface area (Å²) in [5, 5.41) is 6.61. The molecule has 1 N–H and O–H groups in total. The van der Waals surface area contributed by atoms with Gasteiger partial charge in [0.1, 0.15) is 0 Å². The molecule has 0 saturated heterocycles. The van der Waals surface area contributed by atoms with Gasteiger partial charge in [-0.25, -0.2) is 0 Å². The topological polar surface area (TPSA) is 58.6 Å². The van der Waals surface area contributed by atoms with Crippen molar-refractivity contribution in [2.24, 2.45) is 0 Å². The number of carbonyl (C=O) groups is 1. The summed E-state index contributed by atoms with van der Waals surface area (Å²) >= 11 is 0. The SMILES string of the molecule is O=Cc1cn[nH]c1Cc1cccnc1. The van der Waals surface area contributed by atoms with E-state index in [1.165, 1.54) is 6.20 Å². The summed E-state index contributed by atoms with van der Waals surface area (Å²) in [5.41, 5.74) is 2.49. The molecule has 4 nitrogen and oxygen atoms in total. The average Bonchev–Trinajstić information content (AvgIpc) is 2.67. The number of pyridine rings is 1. The largest absolute Gasteiger partial charge is 0.298 e. The number of carbonyl (C=O) groups excluding carboxylic acids is 1. The van der Waals surface area contributed by atoms with E-state index in [2.05, 4.69) is 15.2 Å². The number of aromatic nitrogens is 3. The van der Waals surface area contributed by atoms with Crippen LogP contribution in [0.3, 0.4) is 0 Å². The molecule has 0 aliphatic carbocycles. The molecular weight excluding hydrogens is 178 g/mol. The second kappa shape index (κ2) is 3.83. The zero-order valence-electron chi connectivity index (χ0n) is 7.47. The quantitative estimate of drug-likeness (QED) is 0.734. The van der Waals surface area contributed by atoms with Crippen LogP contribution in [0.2, 0.25) is 0 Å². The summed E-state index contributed by atoms with van der Waals surface area (Å²) < 4.78 is 0. The number of rotatable bonds is 3. The second-order valence-corrected chi connectivity index (χ2v) is 2.96. The molecule has 2 aromatic heterocycles. The Bertz CT molecular complexity index is 422. The highest BCUT2D eigenvalue weighted by atomic mass is 16.1. The monoisotopic (exact) mass is 187 g/mol.